The van der Waals surface area contributed by atoms with Gasteiger partial charge in [0.25, 0.3) is 0 Å². The van der Waals surface area contributed by atoms with Gasteiger partial charge in [-0.05, 0) is 36.6 Å². The second kappa shape index (κ2) is 11.3. The standard InChI is InChI=1S/C19H31NO4S/c1-3-16(2)10-8-6-4-5-7-9-15-24-19(21)17-11-13-18(14-12-17)25(20,22)23/h11-14,16H,3-10,15H2,1-2H3,(H2,20,22,23). The first-order chi connectivity index (χ1) is 11.8. The van der Waals surface area contributed by atoms with Crippen molar-refractivity contribution in [2.24, 2.45) is 11.1 Å². The van der Waals surface area contributed by atoms with Crippen molar-refractivity contribution in [3.05, 3.63) is 29.8 Å². The fourth-order valence-corrected chi connectivity index (χ4v) is 3.05. The Morgan fingerprint density at radius 2 is 1.60 bits per heavy atom. The van der Waals surface area contributed by atoms with Crippen molar-refractivity contribution in [1.82, 2.24) is 0 Å². The van der Waals surface area contributed by atoms with Crippen molar-refractivity contribution >= 4 is 16.0 Å². The number of rotatable bonds is 12. The van der Waals surface area contributed by atoms with Crippen LogP contribution in [0.2, 0.25) is 0 Å². The summed E-state index contributed by atoms with van der Waals surface area (Å²) >= 11 is 0. The lowest BCUT2D eigenvalue weighted by Crippen LogP contribution is -2.12. The molecule has 0 aromatic heterocycles. The molecule has 0 heterocycles. The Labute approximate surface area is 152 Å². The molecule has 1 atom stereocenters. The third-order valence-corrected chi connectivity index (χ3v) is 5.37. The summed E-state index contributed by atoms with van der Waals surface area (Å²) in [6.07, 6.45) is 9.47. The highest BCUT2D eigenvalue weighted by Gasteiger charge is 2.11. The predicted molar refractivity (Wildman–Crippen MR) is 99.9 cm³/mol. The summed E-state index contributed by atoms with van der Waals surface area (Å²) in [5.74, 6) is 0.396. The van der Waals surface area contributed by atoms with Gasteiger partial charge in [0.2, 0.25) is 10.0 Å². The maximum atomic E-state index is 11.9. The molecular formula is C19H31NO4S. The molecule has 0 aliphatic carbocycles. The van der Waals surface area contributed by atoms with Gasteiger partial charge in [-0.3, -0.25) is 0 Å². The Morgan fingerprint density at radius 3 is 2.16 bits per heavy atom. The molecule has 0 amide bonds. The largest absolute Gasteiger partial charge is 0.462 e. The van der Waals surface area contributed by atoms with Crippen LogP contribution in [0.5, 0.6) is 0 Å². The van der Waals surface area contributed by atoms with Gasteiger partial charge in [0.15, 0.2) is 0 Å². The van der Waals surface area contributed by atoms with Gasteiger partial charge >= 0.3 is 5.97 Å². The summed E-state index contributed by atoms with van der Waals surface area (Å²) < 4.78 is 27.5. The van der Waals surface area contributed by atoms with Crippen LogP contribution in [0.1, 0.15) is 75.6 Å². The molecule has 0 aliphatic rings. The Bertz CT molecular complexity index is 611. The van der Waals surface area contributed by atoms with E-state index in [2.05, 4.69) is 13.8 Å². The summed E-state index contributed by atoms with van der Waals surface area (Å²) in [5, 5.41) is 5.02. The quantitative estimate of drug-likeness (QED) is 0.440. The minimum Gasteiger partial charge on any atom is -0.462 e. The number of carbonyl (C=O) groups excluding carboxylic acids is 1. The highest BCUT2D eigenvalue weighted by Crippen LogP contribution is 2.14. The molecule has 0 spiro atoms. The average Bonchev–Trinajstić information content (AvgIpc) is 2.59. The maximum Gasteiger partial charge on any atom is 0.338 e. The molecule has 2 N–H and O–H groups in total. The zero-order chi connectivity index (χ0) is 18.7. The van der Waals surface area contributed by atoms with Crippen LogP contribution >= 0.6 is 0 Å². The lowest BCUT2D eigenvalue weighted by molar-refractivity contribution is 0.0497. The number of sulfonamides is 1. The molecule has 0 bridgehead atoms. The van der Waals surface area contributed by atoms with E-state index in [1.807, 2.05) is 0 Å². The molecule has 5 nitrogen and oxygen atoms in total. The van der Waals surface area contributed by atoms with E-state index >= 15 is 0 Å². The zero-order valence-corrected chi connectivity index (χ0v) is 16.2. The molecule has 0 saturated heterocycles. The molecular weight excluding hydrogens is 338 g/mol. The summed E-state index contributed by atoms with van der Waals surface area (Å²) in [5.41, 5.74) is 0.331. The van der Waals surface area contributed by atoms with Gasteiger partial charge in [-0.2, -0.15) is 0 Å². The topological polar surface area (TPSA) is 86.5 Å². The third-order valence-electron chi connectivity index (χ3n) is 4.44. The van der Waals surface area contributed by atoms with Crippen molar-refractivity contribution in [2.75, 3.05) is 6.61 Å². The van der Waals surface area contributed by atoms with Gasteiger partial charge in [-0.25, -0.2) is 18.4 Å². The van der Waals surface area contributed by atoms with Crippen LogP contribution in [0.3, 0.4) is 0 Å². The fraction of sp³-hybridized carbons (Fsp3) is 0.632. The number of esters is 1. The van der Waals surface area contributed by atoms with Crippen molar-refractivity contribution < 1.29 is 17.9 Å². The van der Waals surface area contributed by atoms with Gasteiger partial charge in [0, 0.05) is 0 Å². The first-order valence-corrected chi connectivity index (χ1v) is 10.7. The monoisotopic (exact) mass is 369 g/mol. The normalized spacial score (nSPS) is 12.8. The van der Waals surface area contributed by atoms with E-state index < -0.39 is 16.0 Å². The minimum atomic E-state index is -3.74. The summed E-state index contributed by atoms with van der Waals surface area (Å²) in [6, 6.07) is 5.45. The number of hydrogen-bond acceptors (Lipinski definition) is 4. The molecule has 1 rings (SSSR count). The molecule has 0 aliphatic heterocycles. The number of unbranched alkanes of at least 4 members (excludes halogenated alkanes) is 5. The van der Waals surface area contributed by atoms with E-state index in [-0.39, 0.29) is 4.90 Å². The van der Waals surface area contributed by atoms with Gasteiger partial charge in [0.1, 0.15) is 0 Å². The fourth-order valence-electron chi connectivity index (χ4n) is 2.53. The zero-order valence-electron chi connectivity index (χ0n) is 15.4. The molecule has 142 valence electrons. The summed E-state index contributed by atoms with van der Waals surface area (Å²) in [7, 11) is -3.74. The Kier molecular flexibility index (Phi) is 9.75. The molecule has 6 heteroatoms. The molecule has 1 unspecified atom stereocenters. The minimum absolute atomic E-state index is 0.0163. The SMILES string of the molecule is CCC(C)CCCCCCCCOC(=O)c1ccc(S(N)(=O)=O)cc1. The first kappa shape index (κ1) is 21.6. The number of primary sulfonamides is 1. The Morgan fingerprint density at radius 1 is 1.04 bits per heavy atom. The van der Waals surface area contributed by atoms with E-state index in [1.54, 1.807) is 0 Å². The third kappa shape index (κ3) is 9.02. The first-order valence-electron chi connectivity index (χ1n) is 9.14. The Hall–Kier alpha value is -1.40. The Balaban J connectivity index is 2.13. The van der Waals surface area contributed by atoms with E-state index in [0.717, 1.165) is 18.8 Å². The second-order valence-electron chi connectivity index (χ2n) is 6.63. The molecule has 25 heavy (non-hydrogen) atoms. The molecule has 0 saturated carbocycles. The number of ether oxygens (including phenoxy) is 1. The van der Waals surface area contributed by atoms with E-state index in [4.69, 9.17) is 9.88 Å². The summed E-state index contributed by atoms with van der Waals surface area (Å²) in [6.45, 7) is 4.93. The van der Waals surface area contributed by atoms with Gasteiger partial charge < -0.3 is 4.74 Å². The maximum absolute atomic E-state index is 11.9. The number of benzene rings is 1. The van der Waals surface area contributed by atoms with Crippen LogP contribution in [-0.4, -0.2) is 21.0 Å². The van der Waals surface area contributed by atoms with Gasteiger partial charge in [-0.15, -0.1) is 0 Å². The van der Waals surface area contributed by atoms with E-state index in [9.17, 15) is 13.2 Å². The highest BCUT2D eigenvalue weighted by atomic mass is 32.2. The lowest BCUT2D eigenvalue weighted by atomic mass is 10.00. The molecule has 1 aromatic carbocycles. The van der Waals surface area contributed by atoms with E-state index in [0.29, 0.717) is 12.2 Å². The number of carbonyl (C=O) groups is 1. The van der Waals surface area contributed by atoms with Crippen LogP contribution < -0.4 is 5.14 Å². The van der Waals surface area contributed by atoms with Crippen molar-refractivity contribution in [2.45, 2.75) is 70.1 Å². The smallest absolute Gasteiger partial charge is 0.338 e. The average molecular weight is 370 g/mol. The van der Waals surface area contributed by atoms with E-state index in [1.165, 1.54) is 62.8 Å². The van der Waals surface area contributed by atoms with Crippen LogP contribution in [0.25, 0.3) is 0 Å². The molecule has 1 aromatic rings. The van der Waals surface area contributed by atoms with Crippen LogP contribution in [-0.2, 0) is 14.8 Å². The van der Waals surface area contributed by atoms with Crippen molar-refractivity contribution in [3.63, 3.8) is 0 Å². The second-order valence-corrected chi connectivity index (χ2v) is 8.19. The van der Waals surface area contributed by atoms with Crippen molar-refractivity contribution in [1.29, 1.82) is 0 Å². The molecule has 0 radical (unpaired) electrons. The van der Waals surface area contributed by atoms with Gasteiger partial charge in [-0.1, -0.05) is 58.8 Å². The summed E-state index contributed by atoms with van der Waals surface area (Å²) in [4.78, 5) is 11.9. The molecule has 0 fully saturated rings. The van der Waals surface area contributed by atoms with Crippen molar-refractivity contribution in [3.8, 4) is 0 Å². The van der Waals surface area contributed by atoms with Crippen LogP contribution in [0, 0.1) is 5.92 Å². The highest BCUT2D eigenvalue weighted by molar-refractivity contribution is 7.89. The predicted octanol–water partition coefficient (Wildman–Crippen LogP) is 4.27. The number of hydrogen-bond donors (Lipinski definition) is 1. The lowest BCUT2D eigenvalue weighted by Gasteiger charge is -2.08. The number of nitrogens with two attached hydrogens (primary N) is 1. The van der Waals surface area contributed by atoms with Crippen LogP contribution in [0.15, 0.2) is 29.2 Å². The van der Waals surface area contributed by atoms with Crippen LogP contribution in [0.4, 0.5) is 0 Å². The van der Waals surface area contributed by atoms with Gasteiger partial charge in [0.05, 0.1) is 17.1 Å².